The molecule has 0 aliphatic carbocycles. The highest BCUT2D eigenvalue weighted by atomic mass is 16.2. The molecule has 8 nitrogen and oxygen atoms in total. The largest absolute Gasteiger partial charge is 0.363 e. The topological polar surface area (TPSA) is 102 Å². The number of rotatable bonds is 3. The number of pyridine rings is 1. The predicted octanol–water partition coefficient (Wildman–Crippen LogP) is 0.544. The lowest BCUT2D eigenvalue weighted by Gasteiger charge is -2.33. The van der Waals surface area contributed by atoms with Gasteiger partial charge in [-0.2, -0.15) is 0 Å². The third-order valence-electron chi connectivity index (χ3n) is 4.46. The van der Waals surface area contributed by atoms with E-state index in [1.165, 1.54) is 6.20 Å². The molecule has 2 aromatic rings. The quantitative estimate of drug-likeness (QED) is 0.847. The van der Waals surface area contributed by atoms with Crippen LogP contribution in [0.25, 0.3) is 0 Å². The third kappa shape index (κ3) is 3.62. The molecule has 1 amide bonds. The van der Waals surface area contributed by atoms with E-state index in [1.54, 1.807) is 11.1 Å². The van der Waals surface area contributed by atoms with E-state index in [2.05, 4.69) is 15.0 Å². The molecular weight excluding hydrogens is 322 g/mol. The Bertz CT molecular complexity index is 886. The Morgan fingerprint density at radius 1 is 1.36 bits per heavy atom. The van der Waals surface area contributed by atoms with Crippen LogP contribution in [0.3, 0.4) is 0 Å². The van der Waals surface area contributed by atoms with Crippen LogP contribution in [0.4, 0.5) is 5.82 Å². The van der Waals surface area contributed by atoms with Crippen molar-refractivity contribution in [1.29, 1.82) is 0 Å². The number of nitrogens with one attached hydrogen (secondary N) is 2. The minimum absolute atomic E-state index is 0.0380. The van der Waals surface area contributed by atoms with Gasteiger partial charge in [0.05, 0.1) is 0 Å². The van der Waals surface area contributed by atoms with Crippen molar-refractivity contribution < 1.29 is 4.79 Å². The molecule has 1 atom stereocenters. The van der Waals surface area contributed by atoms with Crippen LogP contribution >= 0.6 is 0 Å². The summed E-state index contributed by atoms with van der Waals surface area (Å²) in [4.78, 5) is 48.0. The van der Waals surface area contributed by atoms with E-state index in [0.717, 1.165) is 24.2 Å². The first-order valence-electron chi connectivity index (χ1n) is 8.20. The van der Waals surface area contributed by atoms with Crippen LogP contribution in [0.15, 0.2) is 34.1 Å². The second-order valence-electron chi connectivity index (χ2n) is 6.42. The Kier molecular flexibility index (Phi) is 4.69. The van der Waals surface area contributed by atoms with Gasteiger partial charge in [-0.05, 0) is 30.5 Å². The Hall–Kier alpha value is -2.90. The lowest BCUT2D eigenvalue weighted by molar-refractivity contribution is 0.0704. The number of anilines is 1. The smallest absolute Gasteiger partial charge is 0.325 e. The second kappa shape index (κ2) is 6.92. The van der Waals surface area contributed by atoms with E-state index in [-0.39, 0.29) is 17.4 Å². The van der Waals surface area contributed by atoms with E-state index in [4.69, 9.17) is 0 Å². The molecule has 8 heteroatoms. The monoisotopic (exact) mass is 343 g/mol. The van der Waals surface area contributed by atoms with Crippen LogP contribution in [0.1, 0.15) is 34.7 Å². The number of likely N-dealkylation sites (tertiary alicyclic amines) is 1. The number of H-pyrrole nitrogens is 2. The lowest BCUT2D eigenvalue weighted by Crippen LogP contribution is -2.42. The first-order valence-corrected chi connectivity index (χ1v) is 8.20. The van der Waals surface area contributed by atoms with Crippen molar-refractivity contribution in [3.63, 3.8) is 0 Å². The first kappa shape index (κ1) is 16.9. The summed E-state index contributed by atoms with van der Waals surface area (Å²) in [5.41, 5.74) is -0.184. The summed E-state index contributed by atoms with van der Waals surface area (Å²) in [6.07, 6.45) is 4.79. The number of aromatic amines is 2. The molecule has 3 rings (SSSR count). The number of carbonyl (C=O) groups is 1. The highest BCUT2D eigenvalue weighted by molar-refractivity contribution is 5.93. The molecule has 0 saturated carbocycles. The lowest BCUT2D eigenvalue weighted by atomic mass is 9.91. The molecule has 132 valence electrons. The summed E-state index contributed by atoms with van der Waals surface area (Å²) in [5, 5.41) is 0. The highest BCUT2D eigenvalue weighted by Crippen LogP contribution is 2.28. The van der Waals surface area contributed by atoms with Gasteiger partial charge in [0.15, 0.2) is 0 Å². The van der Waals surface area contributed by atoms with Crippen LogP contribution in [0.5, 0.6) is 0 Å². The zero-order valence-corrected chi connectivity index (χ0v) is 14.3. The minimum Gasteiger partial charge on any atom is -0.363 e. The minimum atomic E-state index is -0.658. The molecule has 1 unspecified atom stereocenters. The molecular formula is C17H21N5O3. The average molecular weight is 343 g/mol. The molecule has 2 N–H and O–H groups in total. The van der Waals surface area contributed by atoms with Gasteiger partial charge in [0, 0.05) is 45.5 Å². The summed E-state index contributed by atoms with van der Waals surface area (Å²) in [6, 6.07) is 4.00. The van der Waals surface area contributed by atoms with Gasteiger partial charge < -0.3 is 14.8 Å². The van der Waals surface area contributed by atoms with E-state index in [1.807, 2.05) is 31.1 Å². The van der Waals surface area contributed by atoms with E-state index < -0.39 is 11.2 Å². The molecule has 2 aromatic heterocycles. The van der Waals surface area contributed by atoms with Crippen LogP contribution in [0, 0.1) is 0 Å². The third-order valence-corrected chi connectivity index (χ3v) is 4.46. The summed E-state index contributed by atoms with van der Waals surface area (Å²) < 4.78 is 0. The zero-order chi connectivity index (χ0) is 18.0. The maximum Gasteiger partial charge on any atom is 0.325 e. The van der Waals surface area contributed by atoms with Crippen molar-refractivity contribution >= 4 is 11.7 Å². The van der Waals surface area contributed by atoms with Crippen molar-refractivity contribution in [2.75, 3.05) is 32.1 Å². The van der Waals surface area contributed by atoms with Gasteiger partial charge in [-0.25, -0.2) is 9.78 Å². The molecule has 0 radical (unpaired) electrons. The fourth-order valence-electron chi connectivity index (χ4n) is 3.11. The van der Waals surface area contributed by atoms with E-state index >= 15 is 0 Å². The molecule has 0 spiro atoms. The van der Waals surface area contributed by atoms with Crippen molar-refractivity contribution in [2.24, 2.45) is 0 Å². The van der Waals surface area contributed by atoms with Crippen LogP contribution in [-0.4, -0.2) is 52.9 Å². The van der Waals surface area contributed by atoms with Crippen molar-refractivity contribution in [3.8, 4) is 0 Å². The van der Waals surface area contributed by atoms with E-state index in [9.17, 15) is 14.4 Å². The maximum atomic E-state index is 12.6. The number of aromatic nitrogens is 3. The molecule has 1 aliphatic rings. The fraction of sp³-hybridized carbons (Fsp3) is 0.412. The summed E-state index contributed by atoms with van der Waals surface area (Å²) >= 11 is 0. The number of amides is 1. The van der Waals surface area contributed by atoms with Gasteiger partial charge in [-0.1, -0.05) is 0 Å². The average Bonchev–Trinajstić information content (AvgIpc) is 2.61. The molecule has 1 fully saturated rings. The summed E-state index contributed by atoms with van der Waals surface area (Å²) in [7, 11) is 3.87. The van der Waals surface area contributed by atoms with Crippen LogP contribution in [0.2, 0.25) is 0 Å². The number of carbonyl (C=O) groups excluding carboxylic acids is 1. The van der Waals surface area contributed by atoms with Gasteiger partial charge in [0.2, 0.25) is 0 Å². The molecule has 1 aliphatic heterocycles. The Morgan fingerprint density at radius 3 is 2.88 bits per heavy atom. The van der Waals surface area contributed by atoms with Gasteiger partial charge in [-0.15, -0.1) is 0 Å². The molecule has 0 bridgehead atoms. The number of nitrogens with zero attached hydrogens (tertiary/aromatic N) is 3. The van der Waals surface area contributed by atoms with Gasteiger partial charge in [-0.3, -0.25) is 14.6 Å². The fourth-order valence-corrected chi connectivity index (χ4v) is 3.11. The molecule has 1 saturated heterocycles. The number of hydrogen-bond donors (Lipinski definition) is 2. The molecule has 3 heterocycles. The standard InChI is InChI=1S/C17H21N5O3/c1-21(2)14-8-11(5-6-18-14)12-4-3-7-22(10-12)16(24)13-9-19-17(25)20-15(13)23/h5-6,8-9,12H,3-4,7,10H2,1-2H3,(H2,19,20,23,25). The van der Waals surface area contributed by atoms with E-state index in [0.29, 0.717) is 13.1 Å². The Balaban J connectivity index is 1.81. The molecule has 25 heavy (non-hydrogen) atoms. The predicted molar refractivity (Wildman–Crippen MR) is 94.1 cm³/mol. The first-order chi connectivity index (χ1) is 12.0. The Labute approximate surface area is 144 Å². The highest BCUT2D eigenvalue weighted by Gasteiger charge is 2.27. The maximum absolute atomic E-state index is 12.6. The van der Waals surface area contributed by atoms with Crippen molar-refractivity contribution in [3.05, 3.63) is 56.5 Å². The van der Waals surface area contributed by atoms with Gasteiger partial charge in [0.1, 0.15) is 11.4 Å². The summed E-state index contributed by atoms with van der Waals surface area (Å²) in [6.45, 7) is 1.13. The van der Waals surface area contributed by atoms with Crippen LogP contribution in [-0.2, 0) is 0 Å². The number of piperidine rings is 1. The number of hydrogen-bond acceptors (Lipinski definition) is 5. The summed E-state index contributed by atoms with van der Waals surface area (Å²) in [5.74, 6) is 0.711. The van der Waals surface area contributed by atoms with Gasteiger partial charge >= 0.3 is 5.69 Å². The normalized spacial score (nSPS) is 17.4. The second-order valence-corrected chi connectivity index (χ2v) is 6.42. The zero-order valence-electron chi connectivity index (χ0n) is 14.3. The van der Waals surface area contributed by atoms with Crippen molar-refractivity contribution in [2.45, 2.75) is 18.8 Å². The van der Waals surface area contributed by atoms with Crippen LogP contribution < -0.4 is 16.1 Å². The van der Waals surface area contributed by atoms with Crippen molar-refractivity contribution in [1.82, 2.24) is 19.9 Å². The Morgan fingerprint density at radius 2 is 2.16 bits per heavy atom. The molecule has 0 aromatic carbocycles. The van der Waals surface area contributed by atoms with Gasteiger partial charge in [0.25, 0.3) is 11.5 Å². The SMILES string of the molecule is CN(C)c1cc(C2CCCN(C(=O)c3c[nH]c(=O)[nH]c3=O)C2)ccn1.